The fourth-order valence-electron chi connectivity index (χ4n) is 2.92. The first-order chi connectivity index (χ1) is 14.5. The summed E-state index contributed by atoms with van der Waals surface area (Å²) in [7, 11) is 1.29. The van der Waals surface area contributed by atoms with Crippen LogP contribution in [0.3, 0.4) is 0 Å². The van der Waals surface area contributed by atoms with Gasteiger partial charge in [-0.1, -0.05) is 0 Å². The number of aromatic nitrogens is 2. The molecule has 1 aliphatic rings. The molecule has 2 aromatic carbocycles. The maximum absolute atomic E-state index is 12.4. The molecule has 1 N–H and O–H groups in total. The van der Waals surface area contributed by atoms with Crippen molar-refractivity contribution in [3.8, 4) is 22.8 Å². The van der Waals surface area contributed by atoms with Gasteiger partial charge in [-0.3, -0.25) is 9.59 Å². The van der Waals surface area contributed by atoms with E-state index in [1.807, 2.05) is 0 Å². The first-order valence-corrected chi connectivity index (χ1v) is 9.00. The highest BCUT2D eigenvalue weighted by atomic mass is 16.7. The minimum Gasteiger partial charge on any atom is -0.465 e. The summed E-state index contributed by atoms with van der Waals surface area (Å²) in [4.78, 5) is 36.0. The van der Waals surface area contributed by atoms with Gasteiger partial charge in [0.15, 0.2) is 11.5 Å². The van der Waals surface area contributed by atoms with E-state index in [0.29, 0.717) is 28.4 Å². The molecule has 0 saturated carbocycles. The number of anilines is 1. The first kappa shape index (κ1) is 19.2. The molecule has 0 unspecified atom stereocenters. The molecular formula is C21H17N3O6. The predicted molar refractivity (Wildman–Crippen MR) is 106 cm³/mol. The molecule has 0 radical (unpaired) electrons. The molecule has 1 aliphatic heterocycles. The number of carbonyl (C=O) groups excluding carboxylic acids is 2. The van der Waals surface area contributed by atoms with Crippen LogP contribution in [0.2, 0.25) is 0 Å². The van der Waals surface area contributed by atoms with Crippen molar-refractivity contribution in [2.24, 2.45) is 0 Å². The van der Waals surface area contributed by atoms with Crippen molar-refractivity contribution in [1.82, 2.24) is 9.78 Å². The Morgan fingerprint density at radius 3 is 2.60 bits per heavy atom. The predicted octanol–water partition coefficient (Wildman–Crippen LogP) is 2.06. The normalized spacial score (nSPS) is 11.8. The summed E-state index contributed by atoms with van der Waals surface area (Å²) in [5, 5.41) is 6.95. The molecule has 4 rings (SSSR count). The number of hydrogen-bond acceptors (Lipinski definition) is 7. The molecule has 9 heteroatoms. The number of amides is 1. The van der Waals surface area contributed by atoms with Crippen LogP contribution in [0.5, 0.6) is 11.5 Å². The second-order valence-corrected chi connectivity index (χ2v) is 6.40. The molecule has 0 saturated heterocycles. The lowest BCUT2D eigenvalue weighted by Crippen LogP contribution is -2.29. The smallest absolute Gasteiger partial charge is 0.337 e. The molecule has 152 valence electrons. The number of methoxy groups -OCH3 is 1. The van der Waals surface area contributed by atoms with Gasteiger partial charge in [0.05, 0.1) is 18.4 Å². The van der Waals surface area contributed by atoms with Crippen molar-refractivity contribution in [2.45, 2.75) is 6.54 Å². The Labute approximate surface area is 170 Å². The van der Waals surface area contributed by atoms with E-state index in [9.17, 15) is 14.4 Å². The van der Waals surface area contributed by atoms with Crippen LogP contribution in [-0.4, -0.2) is 35.6 Å². The van der Waals surface area contributed by atoms with E-state index in [1.165, 1.54) is 25.3 Å². The van der Waals surface area contributed by atoms with Gasteiger partial charge < -0.3 is 19.5 Å². The minimum atomic E-state index is -0.469. The van der Waals surface area contributed by atoms with Gasteiger partial charge in [0.25, 0.3) is 5.56 Å². The maximum atomic E-state index is 12.4. The Kier molecular flexibility index (Phi) is 5.17. The Morgan fingerprint density at radius 2 is 1.83 bits per heavy atom. The lowest BCUT2D eigenvalue weighted by Gasteiger charge is -2.09. The SMILES string of the molecule is COC(=O)c1ccc(NC(=O)Cn2nc(-c3ccc4c(c3)OCO4)ccc2=O)cc1. The zero-order valence-corrected chi connectivity index (χ0v) is 16.0. The Morgan fingerprint density at radius 1 is 1.07 bits per heavy atom. The molecule has 0 fully saturated rings. The minimum absolute atomic E-state index is 0.159. The fourth-order valence-corrected chi connectivity index (χ4v) is 2.92. The summed E-state index contributed by atoms with van der Waals surface area (Å²) in [5.41, 5.74) is 1.68. The summed E-state index contributed by atoms with van der Waals surface area (Å²) in [6.07, 6.45) is 0. The third kappa shape index (κ3) is 4.00. The number of nitrogens with one attached hydrogen (secondary N) is 1. The van der Waals surface area contributed by atoms with Crippen LogP contribution in [0.15, 0.2) is 59.4 Å². The summed E-state index contributed by atoms with van der Waals surface area (Å²) in [5.74, 6) is 0.340. The third-order valence-corrected chi connectivity index (χ3v) is 4.42. The topological polar surface area (TPSA) is 109 Å². The zero-order chi connectivity index (χ0) is 21.1. The van der Waals surface area contributed by atoms with Gasteiger partial charge in [-0.05, 0) is 48.5 Å². The quantitative estimate of drug-likeness (QED) is 0.645. The Bertz CT molecular complexity index is 1170. The molecule has 0 atom stereocenters. The monoisotopic (exact) mass is 407 g/mol. The van der Waals surface area contributed by atoms with Gasteiger partial charge in [-0.25, -0.2) is 9.48 Å². The number of nitrogens with zero attached hydrogens (tertiary/aromatic N) is 2. The van der Waals surface area contributed by atoms with Gasteiger partial charge in [0.1, 0.15) is 6.54 Å². The van der Waals surface area contributed by atoms with E-state index in [2.05, 4.69) is 15.2 Å². The molecule has 3 aromatic rings. The number of benzene rings is 2. The van der Waals surface area contributed by atoms with Crippen LogP contribution in [0, 0.1) is 0 Å². The molecular weight excluding hydrogens is 390 g/mol. The standard InChI is InChI=1S/C21H17N3O6/c1-28-21(27)13-2-5-15(6-3-13)22-19(25)11-24-20(26)9-7-16(23-24)14-4-8-17-18(10-14)30-12-29-17/h2-10H,11-12H2,1H3,(H,22,25). The van der Waals surface area contributed by atoms with Crippen molar-refractivity contribution in [1.29, 1.82) is 0 Å². The van der Waals surface area contributed by atoms with E-state index in [-0.39, 0.29) is 13.3 Å². The molecule has 0 spiro atoms. The molecule has 1 aromatic heterocycles. The highest BCUT2D eigenvalue weighted by Crippen LogP contribution is 2.35. The number of carbonyl (C=O) groups is 2. The van der Waals surface area contributed by atoms with Crippen LogP contribution in [-0.2, 0) is 16.1 Å². The molecule has 0 aliphatic carbocycles. The molecule has 1 amide bonds. The number of rotatable bonds is 5. The van der Waals surface area contributed by atoms with Crippen LogP contribution in [0.25, 0.3) is 11.3 Å². The maximum Gasteiger partial charge on any atom is 0.337 e. The number of hydrogen-bond donors (Lipinski definition) is 1. The van der Waals surface area contributed by atoms with Crippen molar-refractivity contribution < 1.29 is 23.8 Å². The van der Waals surface area contributed by atoms with Crippen molar-refractivity contribution in [2.75, 3.05) is 19.2 Å². The Hall–Kier alpha value is -4.14. The summed E-state index contributed by atoms with van der Waals surface area (Å²) in [6.45, 7) is -0.109. The van der Waals surface area contributed by atoms with Crippen molar-refractivity contribution in [3.05, 3.63) is 70.5 Å². The van der Waals surface area contributed by atoms with E-state index < -0.39 is 17.4 Å². The fraction of sp³-hybridized carbons (Fsp3) is 0.143. The lowest BCUT2D eigenvalue weighted by atomic mass is 10.1. The van der Waals surface area contributed by atoms with Crippen LogP contribution < -0.4 is 20.3 Å². The highest BCUT2D eigenvalue weighted by Gasteiger charge is 2.15. The van der Waals surface area contributed by atoms with Gasteiger partial charge in [-0.15, -0.1) is 0 Å². The summed E-state index contributed by atoms with van der Waals surface area (Å²) >= 11 is 0. The lowest BCUT2D eigenvalue weighted by molar-refractivity contribution is -0.117. The summed E-state index contributed by atoms with van der Waals surface area (Å²) < 4.78 is 16.4. The average molecular weight is 407 g/mol. The number of ether oxygens (including phenoxy) is 3. The van der Waals surface area contributed by atoms with Gasteiger partial charge in [-0.2, -0.15) is 5.10 Å². The van der Waals surface area contributed by atoms with Crippen LogP contribution in [0.1, 0.15) is 10.4 Å². The largest absolute Gasteiger partial charge is 0.465 e. The van der Waals surface area contributed by atoms with Gasteiger partial charge in [0, 0.05) is 17.3 Å². The van der Waals surface area contributed by atoms with E-state index >= 15 is 0 Å². The summed E-state index contributed by atoms with van der Waals surface area (Å²) in [6, 6.07) is 14.5. The van der Waals surface area contributed by atoms with Crippen LogP contribution in [0.4, 0.5) is 5.69 Å². The Balaban J connectivity index is 1.49. The van der Waals surface area contributed by atoms with Gasteiger partial charge in [0.2, 0.25) is 12.7 Å². The molecule has 9 nitrogen and oxygen atoms in total. The second kappa shape index (κ2) is 8.08. The van der Waals surface area contributed by atoms with Gasteiger partial charge >= 0.3 is 5.97 Å². The average Bonchev–Trinajstić information content (AvgIpc) is 3.23. The molecule has 2 heterocycles. The first-order valence-electron chi connectivity index (χ1n) is 9.00. The number of esters is 1. The second-order valence-electron chi connectivity index (χ2n) is 6.40. The molecule has 30 heavy (non-hydrogen) atoms. The van der Waals surface area contributed by atoms with Crippen LogP contribution >= 0.6 is 0 Å². The van der Waals surface area contributed by atoms with E-state index in [4.69, 9.17) is 9.47 Å². The number of fused-ring (bicyclic) bond motifs is 1. The van der Waals surface area contributed by atoms with E-state index in [1.54, 1.807) is 36.4 Å². The molecule has 0 bridgehead atoms. The zero-order valence-electron chi connectivity index (χ0n) is 16.0. The highest BCUT2D eigenvalue weighted by molar-refractivity contribution is 5.92. The van der Waals surface area contributed by atoms with E-state index in [0.717, 1.165) is 10.2 Å². The van der Waals surface area contributed by atoms with Crippen molar-refractivity contribution >= 4 is 17.6 Å². The van der Waals surface area contributed by atoms with Crippen molar-refractivity contribution in [3.63, 3.8) is 0 Å². The third-order valence-electron chi connectivity index (χ3n) is 4.42.